The molecular formula is C17H26N2O2. The monoisotopic (exact) mass is 290 g/mol. The van der Waals surface area contributed by atoms with Gasteiger partial charge in [-0.05, 0) is 57.4 Å². The number of nitrogens with one attached hydrogen (secondary N) is 2. The molecule has 116 valence electrons. The molecule has 1 saturated carbocycles. The lowest BCUT2D eigenvalue weighted by atomic mass is 10.1. The Morgan fingerprint density at radius 3 is 2.67 bits per heavy atom. The molecule has 1 aromatic carbocycles. The van der Waals surface area contributed by atoms with Crippen LogP contribution in [-0.2, 0) is 4.79 Å². The summed E-state index contributed by atoms with van der Waals surface area (Å²) in [6, 6.07) is 8.92. The maximum atomic E-state index is 11.6. The first kappa shape index (κ1) is 15.8. The van der Waals surface area contributed by atoms with Crippen molar-refractivity contribution in [1.29, 1.82) is 0 Å². The second-order valence-electron chi connectivity index (χ2n) is 5.62. The molecule has 1 amide bonds. The van der Waals surface area contributed by atoms with Crippen molar-refractivity contribution in [3.05, 3.63) is 29.8 Å². The molecule has 1 fully saturated rings. The van der Waals surface area contributed by atoms with Crippen molar-refractivity contribution in [1.82, 2.24) is 10.6 Å². The van der Waals surface area contributed by atoms with Crippen molar-refractivity contribution < 1.29 is 9.53 Å². The quantitative estimate of drug-likeness (QED) is 0.688. The van der Waals surface area contributed by atoms with Crippen LogP contribution in [0.2, 0.25) is 0 Å². The molecule has 1 atom stereocenters. The van der Waals surface area contributed by atoms with Gasteiger partial charge in [0.25, 0.3) is 0 Å². The number of benzene rings is 1. The third kappa shape index (κ3) is 5.76. The predicted octanol–water partition coefficient (Wildman–Crippen LogP) is 2.79. The van der Waals surface area contributed by atoms with Crippen LogP contribution < -0.4 is 15.4 Å². The SMILES string of the molecule is CCOc1ccc(C(C)NCCCC(=O)NC2CC2)cc1. The molecule has 1 aromatic rings. The highest BCUT2D eigenvalue weighted by molar-refractivity contribution is 5.76. The van der Waals surface area contributed by atoms with Crippen molar-refractivity contribution >= 4 is 5.91 Å². The number of hydrogen-bond acceptors (Lipinski definition) is 3. The molecule has 0 radical (unpaired) electrons. The summed E-state index contributed by atoms with van der Waals surface area (Å²) in [5.74, 6) is 1.10. The van der Waals surface area contributed by atoms with Crippen LogP contribution in [0, 0.1) is 0 Å². The first-order chi connectivity index (χ1) is 10.2. The highest BCUT2D eigenvalue weighted by Crippen LogP contribution is 2.19. The second kappa shape index (κ2) is 8.03. The summed E-state index contributed by atoms with van der Waals surface area (Å²) in [4.78, 5) is 11.6. The van der Waals surface area contributed by atoms with E-state index in [9.17, 15) is 4.79 Å². The standard InChI is InChI=1S/C17H26N2O2/c1-3-21-16-10-6-14(7-11-16)13(2)18-12-4-5-17(20)19-15-8-9-15/h6-7,10-11,13,15,18H,3-5,8-9,12H2,1-2H3,(H,19,20). The first-order valence-electron chi connectivity index (χ1n) is 7.94. The number of carbonyl (C=O) groups excluding carboxylic acids is 1. The zero-order chi connectivity index (χ0) is 15.1. The van der Waals surface area contributed by atoms with Gasteiger partial charge in [0.1, 0.15) is 5.75 Å². The zero-order valence-corrected chi connectivity index (χ0v) is 13.0. The van der Waals surface area contributed by atoms with E-state index in [1.165, 1.54) is 5.56 Å². The minimum Gasteiger partial charge on any atom is -0.494 e. The lowest BCUT2D eigenvalue weighted by Gasteiger charge is -2.14. The highest BCUT2D eigenvalue weighted by Gasteiger charge is 2.22. The summed E-state index contributed by atoms with van der Waals surface area (Å²) in [6.07, 6.45) is 3.79. The molecule has 1 aliphatic rings. The molecular weight excluding hydrogens is 264 g/mol. The van der Waals surface area contributed by atoms with Gasteiger partial charge in [-0.15, -0.1) is 0 Å². The van der Waals surface area contributed by atoms with Crippen molar-refractivity contribution in [2.75, 3.05) is 13.2 Å². The Labute approximate surface area is 127 Å². The summed E-state index contributed by atoms with van der Waals surface area (Å²) >= 11 is 0. The van der Waals surface area contributed by atoms with E-state index in [4.69, 9.17) is 4.74 Å². The van der Waals surface area contributed by atoms with E-state index < -0.39 is 0 Å². The molecule has 2 N–H and O–H groups in total. The molecule has 1 aliphatic carbocycles. The number of rotatable bonds is 9. The lowest BCUT2D eigenvalue weighted by Crippen LogP contribution is -2.27. The molecule has 4 heteroatoms. The summed E-state index contributed by atoms with van der Waals surface area (Å²) < 4.78 is 5.44. The first-order valence-corrected chi connectivity index (χ1v) is 7.94. The van der Waals surface area contributed by atoms with E-state index in [2.05, 4.69) is 29.7 Å². The Morgan fingerprint density at radius 2 is 2.05 bits per heavy atom. The van der Waals surface area contributed by atoms with Crippen LogP contribution in [0.5, 0.6) is 5.75 Å². The van der Waals surface area contributed by atoms with Gasteiger partial charge < -0.3 is 15.4 Å². The maximum Gasteiger partial charge on any atom is 0.220 e. The van der Waals surface area contributed by atoms with Crippen LogP contribution in [0.25, 0.3) is 0 Å². The summed E-state index contributed by atoms with van der Waals surface area (Å²) in [7, 11) is 0. The average molecular weight is 290 g/mol. The van der Waals surface area contributed by atoms with E-state index >= 15 is 0 Å². The van der Waals surface area contributed by atoms with Gasteiger partial charge in [-0.2, -0.15) is 0 Å². The minimum absolute atomic E-state index is 0.188. The van der Waals surface area contributed by atoms with Crippen LogP contribution in [0.15, 0.2) is 24.3 Å². The Hall–Kier alpha value is -1.55. The van der Waals surface area contributed by atoms with E-state index in [0.717, 1.165) is 31.6 Å². The van der Waals surface area contributed by atoms with Gasteiger partial charge in [0.05, 0.1) is 6.61 Å². The zero-order valence-electron chi connectivity index (χ0n) is 13.0. The molecule has 0 aromatic heterocycles. The molecule has 0 heterocycles. The van der Waals surface area contributed by atoms with Gasteiger partial charge in [0.2, 0.25) is 5.91 Å². The molecule has 0 saturated heterocycles. The molecule has 4 nitrogen and oxygen atoms in total. The molecule has 0 aliphatic heterocycles. The van der Waals surface area contributed by atoms with Crippen LogP contribution in [0.3, 0.4) is 0 Å². The third-order valence-electron chi connectivity index (χ3n) is 3.66. The van der Waals surface area contributed by atoms with Crippen molar-refractivity contribution in [2.45, 2.75) is 51.6 Å². The fourth-order valence-corrected chi connectivity index (χ4v) is 2.23. The summed E-state index contributed by atoms with van der Waals surface area (Å²) in [6.45, 7) is 5.67. The molecule has 21 heavy (non-hydrogen) atoms. The topological polar surface area (TPSA) is 50.4 Å². The summed E-state index contributed by atoms with van der Waals surface area (Å²) in [5.41, 5.74) is 1.24. The predicted molar refractivity (Wildman–Crippen MR) is 84.4 cm³/mol. The molecule has 0 spiro atoms. The van der Waals surface area contributed by atoms with E-state index in [1.54, 1.807) is 0 Å². The second-order valence-corrected chi connectivity index (χ2v) is 5.62. The minimum atomic E-state index is 0.188. The third-order valence-corrected chi connectivity index (χ3v) is 3.66. The number of carbonyl (C=O) groups is 1. The number of hydrogen-bond donors (Lipinski definition) is 2. The van der Waals surface area contributed by atoms with Gasteiger partial charge in [0.15, 0.2) is 0 Å². The number of ether oxygens (including phenoxy) is 1. The largest absolute Gasteiger partial charge is 0.494 e. The van der Waals surface area contributed by atoms with Gasteiger partial charge in [-0.1, -0.05) is 12.1 Å². The molecule has 0 bridgehead atoms. The maximum absolute atomic E-state index is 11.6. The van der Waals surface area contributed by atoms with Crippen molar-refractivity contribution in [2.24, 2.45) is 0 Å². The lowest BCUT2D eigenvalue weighted by molar-refractivity contribution is -0.121. The average Bonchev–Trinajstić information content (AvgIpc) is 3.28. The van der Waals surface area contributed by atoms with Crippen LogP contribution in [-0.4, -0.2) is 25.1 Å². The highest BCUT2D eigenvalue weighted by atomic mass is 16.5. The normalized spacial score (nSPS) is 15.5. The van der Waals surface area contributed by atoms with Crippen molar-refractivity contribution in [3.63, 3.8) is 0 Å². The van der Waals surface area contributed by atoms with Gasteiger partial charge in [0, 0.05) is 18.5 Å². The van der Waals surface area contributed by atoms with Gasteiger partial charge in [-0.25, -0.2) is 0 Å². The van der Waals surface area contributed by atoms with E-state index in [1.807, 2.05) is 19.1 Å². The van der Waals surface area contributed by atoms with Crippen molar-refractivity contribution in [3.8, 4) is 5.75 Å². The Balaban J connectivity index is 1.63. The smallest absolute Gasteiger partial charge is 0.220 e. The fraction of sp³-hybridized carbons (Fsp3) is 0.588. The number of amides is 1. The van der Waals surface area contributed by atoms with Gasteiger partial charge in [-0.3, -0.25) is 4.79 Å². The molecule has 2 rings (SSSR count). The van der Waals surface area contributed by atoms with Crippen LogP contribution in [0.1, 0.15) is 51.1 Å². The Kier molecular flexibility index (Phi) is 6.05. The van der Waals surface area contributed by atoms with Crippen LogP contribution in [0.4, 0.5) is 0 Å². The Morgan fingerprint density at radius 1 is 1.33 bits per heavy atom. The van der Waals surface area contributed by atoms with Crippen LogP contribution >= 0.6 is 0 Å². The van der Waals surface area contributed by atoms with E-state index in [-0.39, 0.29) is 11.9 Å². The Bertz CT molecular complexity index is 441. The fourth-order valence-electron chi connectivity index (χ4n) is 2.23. The molecule has 1 unspecified atom stereocenters. The van der Waals surface area contributed by atoms with Gasteiger partial charge >= 0.3 is 0 Å². The summed E-state index contributed by atoms with van der Waals surface area (Å²) in [5, 5.41) is 6.47. The van der Waals surface area contributed by atoms with E-state index in [0.29, 0.717) is 19.1 Å².